The molecule has 0 saturated carbocycles. The second-order valence-corrected chi connectivity index (χ2v) is 5.74. The highest BCUT2D eigenvalue weighted by Crippen LogP contribution is 2.22. The number of aromatic nitrogens is 2. The molecule has 1 amide bonds. The fourth-order valence-corrected chi connectivity index (χ4v) is 2.74. The van der Waals surface area contributed by atoms with E-state index in [-0.39, 0.29) is 18.7 Å². The maximum Gasteiger partial charge on any atom is 0.305 e. The summed E-state index contributed by atoms with van der Waals surface area (Å²) in [5.74, 6) is -1.11. The van der Waals surface area contributed by atoms with Crippen LogP contribution in [-0.2, 0) is 16.1 Å². The molecule has 0 fully saturated rings. The van der Waals surface area contributed by atoms with E-state index in [1.807, 2.05) is 30.6 Å². The molecule has 2 aromatic rings. The molecule has 0 spiro atoms. The largest absolute Gasteiger partial charge is 0.481 e. The summed E-state index contributed by atoms with van der Waals surface area (Å²) in [6.45, 7) is 2.41. The van der Waals surface area contributed by atoms with Gasteiger partial charge in [0.1, 0.15) is 0 Å². The van der Waals surface area contributed by atoms with Gasteiger partial charge in [0.05, 0.1) is 18.7 Å². The molecular weight excluding hydrogens is 290 g/mol. The minimum absolute atomic E-state index is 0.118. The van der Waals surface area contributed by atoms with E-state index >= 15 is 0 Å². The van der Waals surface area contributed by atoms with Crippen LogP contribution in [0.25, 0.3) is 0 Å². The number of carboxylic acids is 1. The van der Waals surface area contributed by atoms with E-state index in [2.05, 4.69) is 10.4 Å². The standard InChI is InChI=1S/C14H17N3O3S/c1-10-8-15-17(9-10)5-4-13(18)16-11(7-14(19)20)12-3-2-6-21-12/h2-3,6,8-9,11H,4-5,7H2,1H3,(H,16,18)(H,19,20)/t11-/m0/s1. The molecule has 2 heterocycles. The minimum Gasteiger partial charge on any atom is -0.481 e. The van der Waals surface area contributed by atoms with E-state index in [0.29, 0.717) is 6.54 Å². The number of nitrogens with zero attached hydrogens (tertiary/aromatic N) is 2. The Morgan fingerprint density at radius 3 is 2.90 bits per heavy atom. The molecule has 2 rings (SSSR count). The van der Waals surface area contributed by atoms with Crippen LogP contribution in [0.3, 0.4) is 0 Å². The van der Waals surface area contributed by atoms with E-state index in [9.17, 15) is 9.59 Å². The van der Waals surface area contributed by atoms with E-state index < -0.39 is 12.0 Å². The minimum atomic E-state index is -0.934. The van der Waals surface area contributed by atoms with E-state index in [1.165, 1.54) is 11.3 Å². The molecule has 0 unspecified atom stereocenters. The highest BCUT2D eigenvalue weighted by molar-refractivity contribution is 7.10. The van der Waals surface area contributed by atoms with Crippen molar-refractivity contribution in [3.63, 3.8) is 0 Å². The number of hydrogen-bond acceptors (Lipinski definition) is 4. The average molecular weight is 307 g/mol. The third-order valence-electron chi connectivity index (χ3n) is 2.93. The van der Waals surface area contributed by atoms with Gasteiger partial charge in [0, 0.05) is 24.0 Å². The van der Waals surface area contributed by atoms with Crippen LogP contribution >= 0.6 is 11.3 Å². The number of thiophene rings is 1. The third kappa shape index (κ3) is 4.71. The number of carboxylic acid groups (broad SMARTS) is 1. The molecule has 21 heavy (non-hydrogen) atoms. The van der Waals surface area contributed by atoms with Crippen molar-refractivity contribution in [3.8, 4) is 0 Å². The Hall–Kier alpha value is -2.15. The fourth-order valence-electron chi connectivity index (χ4n) is 1.96. The summed E-state index contributed by atoms with van der Waals surface area (Å²) >= 11 is 1.44. The first-order chi connectivity index (χ1) is 10.0. The second-order valence-electron chi connectivity index (χ2n) is 4.76. The van der Waals surface area contributed by atoms with Crippen LogP contribution in [0.15, 0.2) is 29.9 Å². The molecule has 1 atom stereocenters. The number of aliphatic carboxylic acids is 1. The highest BCUT2D eigenvalue weighted by Gasteiger charge is 2.18. The number of hydrogen-bond donors (Lipinski definition) is 2. The maximum absolute atomic E-state index is 12.0. The van der Waals surface area contributed by atoms with Crippen molar-refractivity contribution in [2.24, 2.45) is 0 Å². The van der Waals surface area contributed by atoms with Crippen molar-refractivity contribution in [1.82, 2.24) is 15.1 Å². The molecule has 0 bridgehead atoms. The van der Waals surface area contributed by atoms with Gasteiger partial charge in [-0.25, -0.2) is 0 Å². The zero-order chi connectivity index (χ0) is 15.2. The molecular formula is C14H17N3O3S. The lowest BCUT2D eigenvalue weighted by atomic mass is 10.1. The predicted molar refractivity (Wildman–Crippen MR) is 79.0 cm³/mol. The monoisotopic (exact) mass is 307 g/mol. The molecule has 2 N–H and O–H groups in total. The summed E-state index contributed by atoms with van der Waals surface area (Å²) in [4.78, 5) is 23.7. The highest BCUT2D eigenvalue weighted by atomic mass is 32.1. The summed E-state index contributed by atoms with van der Waals surface area (Å²) in [5, 5.41) is 17.7. The molecule has 0 radical (unpaired) electrons. The SMILES string of the molecule is Cc1cnn(CCC(=O)N[C@@H](CC(=O)O)c2cccs2)c1. The zero-order valence-corrected chi connectivity index (χ0v) is 12.5. The van der Waals surface area contributed by atoms with Gasteiger partial charge < -0.3 is 10.4 Å². The Morgan fingerprint density at radius 1 is 1.52 bits per heavy atom. The summed E-state index contributed by atoms with van der Waals surface area (Å²) in [6, 6.07) is 3.19. The van der Waals surface area contributed by atoms with E-state index in [0.717, 1.165) is 10.4 Å². The molecule has 2 aromatic heterocycles. The Labute approximate surface area is 126 Å². The normalized spacial score (nSPS) is 12.0. The summed E-state index contributed by atoms with van der Waals surface area (Å²) in [7, 11) is 0. The molecule has 112 valence electrons. The lowest BCUT2D eigenvalue weighted by Gasteiger charge is -2.15. The number of nitrogens with one attached hydrogen (secondary N) is 1. The van der Waals surface area contributed by atoms with Gasteiger partial charge in [-0.1, -0.05) is 6.07 Å². The lowest BCUT2D eigenvalue weighted by molar-refractivity contribution is -0.137. The smallest absolute Gasteiger partial charge is 0.305 e. The Bertz CT molecular complexity index is 607. The topological polar surface area (TPSA) is 84.2 Å². The fraction of sp³-hybridized carbons (Fsp3) is 0.357. The summed E-state index contributed by atoms with van der Waals surface area (Å²) in [6.07, 6.45) is 3.74. The Kier molecular flexibility index (Phi) is 5.10. The Balaban J connectivity index is 1.90. The molecule has 6 nitrogen and oxygen atoms in total. The molecule has 7 heteroatoms. The first-order valence-electron chi connectivity index (χ1n) is 6.58. The van der Waals surface area contributed by atoms with Crippen LogP contribution in [0.1, 0.15) is 29.3 Å². The number of aryl methyl sites for hydroxylation is 2. The first kappa shape index (κ1) is 15.2. The number of amides is 1. The molecule has 0 aliphatic heterocycles. The lowest BCUT2D eigenvalue weighted by Crippen LogP contribution is -2.30. The number of rotatable bonds is 7. The first-order valence-corrected chi connectivity index (χ1v) is 7.46. The van der Waals surface area contributed by atoms with Crippen molar-refractivity contribution < 1.29 is 14.7 Å². The van der Waals surface area contributed by atoms with Crippen LogP contribution in [0.4, 0.5) is 0 Å². The maximum atomic E-state index is 12.0. The molecule has 0 saturated heterocycles. The van der Waals surface area contributed by atoms with Gasteiger partial charge in [-0.05, 0) is 23.9 Å². The van der Waals surface area contributed by atoms with Crippen molar-refractivity contribution in [1.29, 1.82) is 0 Å². The van der Waals surface area contributed by atoms with Gasteiger partial charge >= 0.3 is 5.97 Å². The van der Waals surface area contributed by atoms with Crippen LogP contribution in [0, 0.1) is 6.92 Å². The average Bonchev–Trinajstić information content (AvgIpc) is 3.06. The zero-order valence-electron chi connectivity index (χ0n) is 11.7. The number of carbonyl (C=O) groups is 2. The van der Waals surface area contributed by atoms with Crippen LogP contribution in [-0.4, -0.2) is 26.8 Å². The van der Waals surface area contributed by atoms with Gasteiger partial charge in [-0.3, -0.25) is 14.3 Å². The van der Waals surface area contributed by atoms with Gasteiger partial charge in [-0.2, -0.15) is 5.10 Å². The molecule has 0 aromatic carbocycles. The third-order valence-corrected chi connectivity index (χ3v) is 3.92. The predicted octanol–water partition coefficient (Wildman–Crippen LogP) is 1.98. The van der Waals surface area contributed by atoms with Crippen LogP contribution in [0.2, 0.25) is 0 Å². The number of carbonyl (C=O) groups excluding carboxylic acids is 1. The van der Waals surface area contributed by atoms with Crippen LogP contribution in [0.5, 0.6) is 0 Å². The van der Waals surface area contributed by atoms with E-state index in [1.54, 1.807) is 10.9 Å². The van der Waals surface area contributed by atoms with Crippen molar-refractivity contribution in [2.75, 3.05) is 0 Å². The summed E-state index contributed by atoms with van der Waals surface area (Å²) in [5.41, 5.74) is 1.04. The van der Waals surface area contributed by atoms with Gasteiger partial charge in [0.15, 0.2) is 0 Å². The van der Waals surface area contributed by atoms with Gasteiger partial charge in [0.25, 0.3) is 0 Å². The van der Waals surface area contributed by atoms with E-state index in [4.69, 9.17) is 5.11 Å². The second kappa shape index (κ2) is 7.03. The van der Waals surface area contributed by atoms with Gasteiger partial charge in [0.2, 0.25) is 5.91 Å². The quantitative estimate of drug-likeness (QED) is 0.819. The summed E-state index contributed by atoms with van der Waals surface area (Å²) < 4.78 is 1.70. The van der Waals surface area contributed by atoms with Crippen molar-refractivity contribution in [2.45, 2.75) is 32.4 Å². The molecule has 0 aliphatic rings. The molecule has 0 aliphatic carbocycles. The van der Waals surface area contributed by atoms with Crippen LogP contribution < -0.4 is 5.32 Å². The van der Waals surface area contributed by atoms with Gasteiger partial charge in [-0.15, -0.1) is 11.3 Å². The Morgan fingerprint density at radius 2 is 2.33 bits per heavy atom. The van der Waals surface area contributed by atoms with Crippen molar-refractivity contribution in [3.05, 3.63) is 40.3 Å². The van der Waals surface area contributed by atoms with Crippen molar-refractivity contribution >= 4 is 23.2 Å².